The number of allylic oxidation sites excluding steroid dienone is 2. The van der Waals surface area contributed by atoms with Gasteiger partial charge in [0.1, 0.15) is 0 Å². The molecule has 0 aromatic carbocycles. The first-order chi connectivity index (χ1) is 3.43. The molecule has 1 aliphatic heterocycles. The summed E-state index contributed by atoms with van der Waals surface area (Å²) in [5, 5.41) is 0. The van der Waals surface area contributed by atoms with Gasteiger partial charge in [-0.15, -0.1) is 0 Å². The van der Waals surface area contributed by atoms with E-state index in [-0.39, 0.29) is 0 Å². The van der Waals surface area contributed by atoms with E-state index >= 15 is 0 Å². The first-order valence-electron chi connectivity index (χ1n) is 2.81. The summed E-state index contributed by atoms with van der Waals surface area (Å²) in [6.45, 7) is 2.29. The predicted octanol–water partition coefficient (Wildman–Crippen LogP) is 2.06. The lowest BCUT2D eigenvalue weighted by molar-refractivity contribution is 1.47. The Bertz CT molecular complexity index is 68.2. The quantitative estimate of drug-likeness (QED) is 0.361. The zero-order chi connectivity index (χ0) is 5.11. The van der Waals surface area contributed by atoms with Crippen molar-refractivity contribution in [2.45, 2.75) is 6.92 Å². The van der Waals surface area contributed by atoms with Crippen LogP contribution in [0.2, 0.25) is 0 Å². The Morgan fingerprint density at radius 3 is 2.29 bits per heavy atom. The minimum Gasteiger partial charge on any atom is -0.0993 e. The third-order valence-electron chi connectivity index (χ3n) is 1.34. The third kappa shape index (κ3) is 1.28. The van der Waals surface area contributed by atoms with E-state index in [1.54, 1.807) is 0 Å². The lowest BCUT2D eigenvalue weighted by Crippen LogP contribution is -1.77. The Morgan fingerprint density at radius 1 is 1.43 bits per heavy atom. The van der Waals surface area contributed by atoms with E-state index in [0.29, 0.717) is 7.92 Å². The fourth-order valence-corrected chi connectivity index (χ4v) is 2.34. The molecule has 0 amide bonds. The molecule has 0 nitrogen and oxygen atoms in total. The van der Waals surface area contributed by atoms with Crippen LogP contribution in [0.3, 0.4) is 0 Å². The first kappa shape index (κ1) is 5.31. The number of hydrogen-bond donors (Lipinski definition) is 0. The standard InChI is InChI=1S/C6H11P/c1-2-7-5-3-4-6-7/h3-4H,2,5-6H2,1H3. The van der Waals surface area contributed by atoms with Gasteiger partial charge in [0.25, 0.3) is 0 Å². The molecule has 0 aromatic heterocycles. The van der Waals surface area contributed by atoms with Crippen molar-refractivity contribution >= 4 is 7.92 Å². The monoisotopic (exact) mass is 114 g/mol. The van der Waals surface area contributed by atoms with E-state index in [4.69, 9.17) is 0 Å². The van der Waals surface area contributed by atoms with Gasteiger partial charge in [0.05, 0.1) is 0 Å². The van der Waals surface area contributed by atoms with E-state index < -0.39 is 0 Å². The fraction of sp³-hybridized carbons (Fsp3) is 0.667. The number of rotatable bonds is 1. The summed E-state index contributed by atoms with van der Waals surface area (Å²) >= 11 is 0. The summed E-state index contributed by atoms with van der Waals surface area (Å²) in [4.78, 5) is 0. The molecule has 1 aliphatic rings. The molecule has 1 heterocycles. The van der Waals surface area contributed by atoms with Crippen LogP contribution in [0, 0.1) is 0 Å². The summed E-state index contributed by atoms with van der Waals surface area (Å²) in [6.07, 6.45) is 8.84. The molecule has 0 atom stereocenters. The van der Waals surface area contributed by atoms with Crippen LogP contribution in [0.1, 0.15) is 6.92 Å². The normalized spacial score (nSPS) is 21.3. The smallest absolute Gasteiger partial charge is 0.0142 e. The first-order valence-corrected chi connectivity index (χ1v) is 4.70. The number of hydrogen-bond acceptors (Lipinski definition) is 0. The molecule has 0 aliphatic carbocycles. The minimum atomic E-state index is 0.446. The fourth-order valence-electron chi connectivity index (χ4n) is 0.780. The van der Waals surface area contributed by atoms with Crippen LogP contribution >= 0.6 is 7.92 Å². The maximum atomic E-state index is 2.31. The van der Waals surface area contributed by atoms with E-state index in [1.165, 1.54) is 18.5 Å². The molecule has 0 spiro atoms. The Kier molecular flexibility index (Phi) is 1.87. The van der Waals surface area contributed by atoms with Crippen molar-refractivity contribution in [3.63, 3.8) is 0 Å². The summed E-state index contributed by atoms with van der Waals surface area (Å²) in [5.74, 6) is 0. The van der Waals surface area contributed by atoms with Gasteiger partial charge in [-0.3, -0.25) is 0 Å². The van der Waals surface area contributed by atoms with Crippen molar-refractivity contribution < 1.29 is 0 Å². The highest BCUT2D eigenvalue weighted by molar-refractivity contribution is 7.58. The molecule has 1 rings (SSSR count). The molecule has 0 aromatic rings. The van der Waals surface area contributed by atoms with Crippen molar-refractivity contribution in [1.82, 2.24) is 0 Å². The topological polar surface area (TPSA) is 0 Å². The van der Waals surface area contributed by atoms with E-state index in [0.717, 1.165) is 0 Å². The zero-order valence-electron chi connectivity index (χ0n) is 4.72. The van der Waals surface area contributed by atoms with Gasteiger partial charge in [0.2, 0.25) is 0 Å². The van der Waals surface area contributed by atoms with E-state index in [2.05, 4.69) is 19.1 Å². The second-order valence-corrected chi connectivity index (χ2v) is 4.53. The molecule has 40 valence electrons. The third-order valence-corrected chi connectivity index (χ3v) is 3.69. The Labute approximate surface area is 46.4 Å². The van der Waals surface area contributed by atoms with Gasteiger partial charge in [-0.2, -0.15) is 0 Å². The van der Waals surface area contributed by atoms with Gasteiger partial charge in [-0.1, -0.05) is 27.0 Å². The molecule has 0 saturated carbocycles. The summed E-state index contributed by atoms with van der Waals surface area (Å²) in [6, 6.07) is 0. The van der Waals surface area contributed by atoms with Gasteiger partial charge in [0, 0.05) is 0 Å². The molecule has 0 unspecified atom stereocenters. The van der Waals surface area contributed by atoms with Crippen molar-refractivity contribution in [3.8, 4) is 0 Å². The molecule has 0 radical (unpaired) electrons. The maximum Gasteiger partial charge on any atom is -0.0142 e. The maximum absolute atomic E-state index is 2.31. The Balaban J connectivity index is 2.22. The highest BCUT2D eigenvalue weighted by Gasteiger charge is 2.03. The van der Waals surface area contributed by atoms with Gasteiger partial charge in [-0.05, 0) is 18.5 Å². The zero-order valence-corrected chi connectivity index (χ0v) is 5.62. The van der Waals surface area contributed by atoms with Gasteiger partial charge < -0.3 is 0 Å². The van der Waals surface area contributed by atoms with E-state index in [9.17, 15) is 0 Å². The Hall–Kier alpha value is 0.170. The van der Waals surface area contributed by atoms with Crippen LogP contribution in [0.15, 0.2) is 12.2 Å². The van der Waals surface area contributed by atoms with Gasteiger partial charge in [0.15, 0.2) is 0 Å². The summed E-state index contributed by atoms with van der Waals surface area (Å²) in [5.41, 5.74) is 0. The molecular weight excluding hydrogens is 103 g/mol. The summed E-state index contributed by atoms with van der Waals surface area (Å²) < 4.78 is 0. The van der Waals surface area contributed by atoms with Crippen LogP contribution < -0.4 is 0 Å². The second kappa shape index (κ2) is 2.47. The van der Waals surface area contributed by atoms with Gasteiger partial charge in [-0.25, -0.2) is 0 Å². The van der Waals surface area contributed by atoms with Gasteiger partial charge >= 0.3 is 0 Å². The molecule has 0 bridgehead atoms. The average Bonchev–Trinajstić information content (AvgIpc) is 2.14. The lowest BCUT2D eigenvalue weighted by Gasteiger charge is -2.01. The van der Waals surface area contributed by atoms with Crippen molar-refractivity contribution in [2.75, 3.05) is 18.5 Å². The highest BCUT2D eigenvalue weighted by Crippen LogP contribution is 2.38. The molecule has 1 heteroatoms. The van der Waals surface area contributed by atoms with Crippen molar-refractivity contribution in [3.05, 3.63) is 12.2 Å². The van der Waals surface area contributed by atoms with Crippen LogP contribution in [-0.2, 0) is 0 Å². The van der Waals surface area contributed by atoms with Crippen molar-refractivity contribution in [1.29, 1.82) is 0 Å². The second-order valence-electron chi connectivity index (χ2n) is 1.82. The minimum absolute atomic E-state index is 0.446. The lowest BCUT2D eigenvalue weighted by atomic mass is 10.6. The van der Waals surface area contributed by atoms with Crippen LogP contribution in [0.5, 0.6) is 0 Å². The highest BCUT2D eigenvalue weighted by atomic mass is 31.1. The molecule has 7 heavy (non-hydrogen) atoms. The van der Waals surface area contributed by atoms with Crippen LogP contribution in [0.4, 0.5) is 0 Å². The van der Waals surface area contributed by atoms with Crippen molar-refractivity contribution in [2.24, 2.45) is 0 Å². The van der Waals surface area contributed by atoms with E-state index in [1.807, 2.05) is 0 Å². The largest absolute Gasteiger partial charge is 0.0993 e. The van der Waals surface area contributed by atoms with Crippen LogP contribution in [-0.4, -0.2) is 18.5 Å². The molecule has 0 fully saturated rings. The molecule has 0 saturated heterocycles. The molecular formula is C6H11P. The SMILES string of the molecule is CCP1CC=CC1. The predicted molar refractivity (Wildman–Crippen MR) is 36.3 cm³/mol. The average molecular weight is 114 g/mol. The summed E-state index contributed by atoms with van der Waals surface area (Å²) in [7, 11) is 0.446. The Morgan fingerprint density at radius 2 is 2.00 bits per heavy atom. The van der Waals surface area contributed by atoms with Crippen LogP contribution in [0.25, 0.3) is 0 Å². The molecule has 0 N–H and O–H groups in total.